The predicted octanol–water partition coefficient (Wildman–Crippen LogP) is 2.47. The number of hydrogen-bond donors (Lipinski definition) is 2. The third kappa shape index (κ3) is 5.47. The van der Waals surface area contributed by atoms with E-state index in [4.69, 9.17) is 15.3 Å². The van der Waals surface area contributed by atoms with E-state index in [0.717, 1.165) is 28.8 Å². The van der Waals surface area contributed by atoms with Crippen molar-refractivity contribution in [2.24, 2.45) is 11.8 Å². The SMILES string of the molecule is CC(=O)O[C@H]1[C@@H](C(=O)[C@H](Cc2ccc3ccccc3c2)NC(=O)OCc2ccccc2)C(=O)N1N. The van der Waals surface area contributed by atoms with Crippen molar-refractivity contribution < 1.29 is 28.7 Å². The molecule has 180 valence electrons. The third-order valence-electron chi connectivity index (χ3n) is 5.78. The minimum Gasteiger partial charge on any atom is -0.445 e. The highest BCUT2D eigenvalue weighted by Gasteiger charge is 2.54. The van der Waals surface area contributed by atoms with Crippen LogP contribution in [0, 0.1) is 5.92 Å². The molecule has 0 aromatic heterocycles. The molecular weight excluding hydrogens is 450 g/mol. The standard InChI is InChI=1S/C26H25N3O6/c1-16(30)35-25-22(24(32)29(25)27)23(31)21(28-26(33)34-15-17-7-3-2-4-8-17)14-18-11-12-19-9-5-6-10-20(19)13-18/h2-13,21-22,25H,14-15,27H2,1H3,(H,28,33)/t21-,22-,25-/m0/s1. The fraction of sp³-hybridized carbons (Fsp3) is 0.231. The first-order chi connectivity index (χ1) is 16.8. The zero-order valence-corrected chi connectivity index (χ0v) is 19.0. The fourth-order valence-corrected chi connectivity index (χ4v) is 3.99. The minimum absolute atomic E-state index is 0.0125. The molecule has 0 unspecified atom stereocenters. The number of β-lactam (4-membered cyclic amide) rings is 1. The number of alkyl carbamates (subject to hydrolysis) is 1. The second kappa shape index (κ2) is 10.4. The molecule has 0 aliphatic carbocycles. The number of carbonyl (C=O) groups is 4. The Morgan fingerprint density at radius 3 is 2.37 bits per heavy atom. The van der Waals surface area contributed by atoms with E-state index in [1.54, 1.807) is 12.1 Å². The largest absolute Gasteiger partial charge is 0.445 e. The van der Waals surface area contributed by atoms with Gasteiger partial charge in [-0.15, -0.1) is 0 Å². The summed E-state index contributed by atoms with van der Waals surface area (Å²) >= 11 is 0. The number of ether oxygens (including phenoxy) is 2. The number of nitrogens with one attached hydrogen (secondary N) is 1. The van der Waals surface area contributed by atoms with Crippen LogP contribution in [0.3, 0.4) is 0 Å². The number of nitrogens with two attached hydrogens (primary N) is 1. The molecule has 0 spiro atoms. The number of benzene rings is 3. The van der Waals surface area contributed by atoms with Crippen LogP contribution < -0.4 is 11.2 Å². The van der Waals surface area contributed by atoms with Gasteiger partial charge in [0.15, 0.2) is 11.7 Å². The van der Waals surface area contributed by atoms with Gasteiger partial charge in [0, 0.05) is 6.92 Å². The van der Waals surface area contributed by atoms with Crippen LogP contribution in [0.15, 0.2) is 72.8 Å². The van der Waals surface area contributed by atoms with Crippen molar-refractivity contribution in [3.8, 4) is 0 Å². The highest BCUT2D eigenvalue weighted by Crippen LogP contribution is 2.28. The molecule has 9 heteroatoms. The van der Waals surface area contributed by atoms with Crippen LogP contribution in [0.5, 0.6) is 0 Å². The maximum absolute atomic E-state index is 13.4. The van der Waals surface area contributed by atoms with Crippen LogP contribution in [0.2, 0.25) is 0 Å². The van der Waals surface area contributed by atoms with Gasteiger partial charge in [-0.3, -0.25) is 14.4 Å². The Morgan fingerprint density at radius 1 is 0.971 bits per heavy atom. The lowest BCUT2D eigenvalue weighted by Crippen LogP contribution is -2.70. The van der Waals surface area contributed by atoms with Gasteiger partial charge in [-0.05, 0) is 28.3 Å². The number of hydrazine groups is 1. The van der Waals surface area contributed by atoms with E-state index < -0.39 is 41.9 Å². The predicted molar refractivity (Wildman–Crippen MR) is 126 cm³/mol. The molecule has 1 aliphatic rings. The number of hydrogen-bond acceptors (Lipinski definition) is 7. The maximum Gasteiger partial charge on any atom is 0.408 e. The lowest BCUT2D eigenvalue weighted by molar-refractivity contribution is -0.198. The topological polar surface area (TPSA) is 128 Å². The van der Waals surface area contributed by atoms with Gasteiger partial charge >= 0.3 is 12.1 Å². The number of esters is 1. The summed E-state index contributed by atoms with van der Waals surface area (Å²) in [5.74, 6) is 2.31. The number of ketones is 1. The third-order valence-corrected chi connectivity index (χ3v) is 5.78. The molecule has 2 amide bonds. The first-order valence-corrected chi connectivity index (χ1v) is 11.1. The second-order valence-corrected chi connectivity index (χ2v) is 8.27. The first kappa shape index (κ1) is 23.9. The lowest BCUT2D eigenvalue weighted by atomic mass is 9.86. The van der Waals surface area contributed by atoms with Crippen LogP contribution >= 0.6 is 0 Å². The Morgan fingerprint density at radius 2 is 1.66 bits per heavy atom. The van der Waals surface area contributed by atoms with Crippen molar-refractivity contribution in [3.05, 3.63) is 83.9 Å². The number of nitrogens with zero attached hydrogens (tertiary/aromatic N) is 1. The molecule has 4 rings (SSSR count). The summed E-state index contributed by atoms with van der Waals surface area (Å²) in [4.78, 5) is 49.8. The van der Waals surface area contributed by atoms with Gasteiger partial charge < -0.3 is 14.8 Å². The number of rotatable bonds is 8. The van der Waals surface area contributed by atoms with Crippen LogP contribution in [0.1, 0.15) is 18.1 Å². The number of amides is 2. The van der Waals surface area contributed by atoms with E-state index in [-0.39, 0.29) is 13.0 Å². The Bertz CT molecular complexity index is 1260. The zero-order chi connectivity index (χ0) is 24.9. The van der Waals surface area contributed by atoms with E-state index >= 15 is 0 Å². The molecule has 9 nitrogen and oxygen atoms in total. The van der Waals surface area contributed by atoms with E-state index in [1.807, 2.05) is 60.7 Å². The van der Waals surface area contributed by atoms with E-state index in [9.17, 15) is 19.2 Å². The Labute approximate surface area is 201 Å². The van der Waals surface area contributed by atoms with Gasteiger partial charge in [0.1, 0.15) is 6.61 Å². The molecule has 3 atom stereocenters. The van der Waals surface area contributed by atoms with Crippen molar-refractivity contribution >= 4 is 34.5 Å². The zero-order valence-electron chi connectivity index (χ0n) is 19.0. The Hall–Kier alpha value is -4.24. The second-order valence-electron chi connectivity index (χ2n) is 8.27. The van der Waals surface area contributed by atoms with Gasteiger partial charge in [0.25, 0.3) is 5.91 Å². The van der Waals surface area contributed by atoms with Gasteiger partial charge in [-0.2, -0.15) is 0 Å². The summed E-state index contributed by atoms with van der Waals surface area (Å²) in [7, 11) is 0. The smallest absolute Gasteiger partial charge is 0.408 e. The molecule has 0 saturated carbocycles. The Balaban J connectivity index is 1.54. The minimum atomic E-state index is -1.32. The van der Waals surface area contributed by atoms with E-state index in [1.165, 1.54) is 0 Å². The van der Waals surface area contributed by atoms with Crippen molar-refractivity contribution in [2.75, 3.05) is 0 Å². The van der Waals surface area contributed by atoms with Crippen molar-refractivity contribution in [3.63, 3.8) is 0 Å². The van der Waals surface area contributed by atoms with Gasteiger partial charge in [0.05, 0.1) is 6.04 Å². The summed E-state index contributed by atoms with van der Waals surface area (Å²) in [6.45, 7) is 1.17. The average Bonchev–Trinajstić information content (AvgIpc) is 2.86. The summed E-state index contributed by atoms with van der Waals surface area (Å²) in [5.41, 5.74) is 1.55. The summed E-state index contributed by atoms with van der Waals surface area (Å²) in [6.07, 6.45) is -1.94. The van der Waals surface area contributed by atoms with Crippen LogP contribution in [0.25, 0.3) is 10.8 Å². The van der Waals surface area contributed by atoms with Crippen molar-refractivity contribution in [1.82, 2.24) is 10.3 Å². The monoisotopic (exact) mass is 475 g/mol. The highest BCUT2D eigenvalue weighted by molar-refractivity contribution is 6.09. The molecule has 35 heavy (non-hydrogen) atoms. The molecule has 3 aromatic rings. The van der Waals surface area contributed by atoms with Gasteiger partial charge in [-0.1, -0.05) is 72.8 Å². The highest BCUT2D eigenvalue weighted by atomic mass is 16.6. The molecule has 1 fully saturated rings. The van der Waals surface area contributed by atoms with E-state index in [2.05, 4.69) is 5.32 Å². The molecule has 1 saturated heterocycles. The molecular formula is C26H25N3O6. The quantitative estimate of drug-likeness (QED) is 0.168. The number of carbonyl (C=O) groups excluding carboxylic acids is 4. The normalized spacial score (nSPS) is 17.9. The van der Waals surface area contributed by atoms with Gasteiger partial charge in [-0.25, -0.2) is 15.6 Å². The van der Waals surface area contributed by atoms with E-state index in [0.29, 0.717) is 5.01 Å². The van der Waals surface area contributed by atoms with Crippen molar-refractivity contribution in [2.45, 2.75) is 32.2 Å². The van der Waals surface area contributed by atoms with Crippen LogP contribution in [0.4, 0.5) is 4.79 Å². The summed E-state index contributed by atoms with van der Waals surface area (Å²) in [6, 6.07) is 21.4. The molecule has 3 N–H and O–H groups in total. The average molecular weight is 476 g/mol. The number of fused-ring (bicyclic) bond motifs is 1. The fourth-order valence-electron chi connectivity index (χ4n) is 3.99. The molecule has 0 bridgehead atoms. The molecule has 1 heterocycles. The molecule has 0 radical (unpaired) electrons. The first-order valence-electron chi connectivity index (χ1n) is 11.1. The lowest BCUT2D eigenvalue weighted by Gasteiger charge is -2.42. The van der Waals surface area contributed by atoms with Crippen molar-refractivity contribution in [1.29, 1.82) is 0 Å². The summed E-state index contributed by atoms with van der Waals surface area (Å²) in [5, 5.41) is 5.27. The summed E-state index contributed by atoms with van der Waals surface area (Å²) < 4.78 is 10.3. The molecule has 3 aromatic carbocycles. The maximum atomic E-state index is 13.4. The number of Topliss-reactive ketones (excluding diaryl/α,β-unsaturated/α-hetero) is 1. The molecule has 1 aliphatic heterocycles. The van der Waals surface area contributed by atoms with Crippen LogP contribution in [-0.2, 0) is 36.9 Å². The Kier molecular flexibility index (Phi) is 7.07. The van der Waals surface area contributed by atoms with Gasteiger partial charge in [0.2, 0.25) is 6.23 Å². The van der Waals surface area contributed by atoms with Crippen LogP contribution in [-0.4, -0.2) is 41.0 Å².